The molecule has 3 nitrogen and oxygen atoms in total. The van der Waals surface area contributed by atoms with Gasteiger partial charge < -0.3 is 9.05 Å². The molecule has 0 aliphatic rings. The monoisotopic (exact) mass is 241 g/mol. The lowest BCUT2D eigenvalue weighted by Crippen LogP contribution is -2.14. The molecule has 0 aromatic carbocycles. The molecule has 0 fully saturated rings. The molecule has 0 aliphatic heterocycles. The summed E-state index contributed by atoms with van der Waals surface area (Å²) in [6, 6.07) is 0. The first-order chi connectivity index (χ1) is 6.64. The predicted molar refractivity (Wildman–Crippen MR) is 63.1 cm³/mol. The molecule has 86 valence electrons. The lowest BCUT2D eigenvalue weighted by Gasteiger charge is -2.26. The van der Waals surface area contributed by atoms with Gasteiger partial charge in [0.1, 0.15) is 4.97 Å². The first-order valence-electron chi connectivity index (χ1n) is 5.34. The van der Waals surface area contributed by atoms with E-state index < -0.39 is 12.6 Å². The average molecular weight is 241 g/mol. The smallest absolute Gasteiger partial charge is 0.305 e. The fraction of sp³-hybridized carbons (Fsp3) is 1.00. The van der Waals surface area contributed by atoms with Crippen LogP contribution in [0.3, 0.4) is 0 Å². The minimum absolute atomic E-state index is 0.252. The van der Waals surface area contributed by atoms with E-state index in [0.29, 0.717) is 6.42 Å². The van der Waals surface area contributed by atoms with E-state index in [1.54, 1.807) is 34.6 Å². The van der Waals surface area contributed by atoms with Crippen LogP contribution >= 0.6 is 20.2 Å². The summed E-state index contributed by atoms with van der Waals surface area (Å²) in [5.74, 6) is 0. The Morgan fingerprint density at radius 2 is 1.64 bits per heavy atom. The molecule has 0 aromatic rings. The molecule has 0 saturated heterocycles. The molecule has 0 aromatic heterocycles. The van der Waals surface area contributed by atoms with Crippen molar-refractivity contribution in [3.8, 4) is 0 Å². The zero-order valence-corrected chi connectivity index (χ0v) is 11.3. The second-order valence-electron chi connectivity index (χ2n) is 3.58. The van der Waals surface area contributed by atoms with Crippen LogP contribution in [-0.2, 0) is 13.6 Å². The van der Waals surface area contributed by atoms with Crippen LogP contribution in [0.4, 0.5) is 0 Å². The van der Waals surface area contributed by atoms with E-state index in [1.165, 1.54) is 0 Å². The lowest BCUT2D eigenvalue weighted by atomic mass is 10.5. The van der Waals surface area contributed by atoms with E-state index >= 15 is 0 Å². The highest BCUT2D eigenvalue weighted by molar-refractivity contribution is 7.89. The van der Waals surface area contributed by atoms with Crippen LogP contribution in [0.5, 0.6) is 0 Å². The molecular weight excluding hydrogens is 219 g/mol. The molecule has 5 heteroatoms. The van der Waals surface area contributed by atoms with Gasteiger partial charge in [-0.25, -0.2) is 0 Å². The Balaban J connectivity index is 4.94. The van der Waals surface area contributed by atoms with E-state index in [0.717, 1.165) is 0 Å². The van der Waals surface area contributed by atoms with Crippen molar-refractivity contribution in [2.75, 3.05) is 0 Å². The summed E-state index contributed by atoms with van der Waals surface area (Å²) in [5.41, 5.74) is 0. The fourth-order valence-corrected chi connectivity index (χ4v) is 2.97. The zero-order chi connectivity index (χ0) is 12.3. The van der Waals surface area contributed by atoms with Gasteiger partial charge in [-0.15, -0.1) is 0 Å². The number of hydrogen-bond donors (Lipinski definition) is 1. The standard InChI is InChI=1S/C9H21O3PS/c1-6-9(14)13(10,11-7(2)3)12-8(4)5/h7-9,14H,6H2,1-5H3/t9-/m1/s1/i9D. The van der Waals surface area contributed by atoms with Crippen molar-refractivity contribution >= 4 is 20.2 Å². The molecule has 0 unspecified atom stereocenters. The minimum atomic E-state index is -3.50. The maximum Gasteiger partial charge on any atom is 0.343 e. The molecular formula is C9H21O3PS. The van der Waals surface area contributed by atoms with Crippen LogP contribution in [-0.4, -0.2) is 17.2 Å². The molecule has 0 bridgehead atoms. The maximum absolute atomic E-state index is 12.4. The van der Waals surface area contributed by atoms with Gasteiger partial charge in [0.05, 0.1) is 13.6 Å². The van der Waals surface area contributed by atoms with Crippen molar-refractivity contribution in [2.45, 2.75) is 58.2 Å². The van der Waals surface area contributed by atoms with Crippen molar-refractivity contribution in [2.24, 2.45) is 0 Å². The van der Waals surface area contributed by atoms with Crippen molar-refractivity contribution in [1.82, 2.24) is 0 Å². The van der Waals surface area contributed by atoms with Crippen molar-refractivity contribution < 1.29 is 15.0 Å². The Morgan fingerprint density at radius 1 is 1.29 bits per heavy atom. The highest BCUT2D eigenvalue weighted by atomic mass is 32.1. The Labute approximate surface area is 93.9 Å². The molecule has 14 heavy (non-hydrogen) atoms. The zero-order valence-electron chi connectivity index (χ0n) is 10.5. The summed E-state index contributed by atoms with van der Waals surface area (Å²) in [6.45, 7) is 8.78. The van der Waals surface area contributed by atoms with Gasteiger partial charge in [0.2, 0.25) is 0 Å². The third kappa shape index (κ3) is 4.83. The van der Waals surface area contributed by atoms with Crippen LogP contribution in [0.2, 0.25) is 0 Å². The van der Waals surface area contributed by atoms with E-state index in [1.807, 2.05) is 0 Å². The molecule has 0 spiro atoms. The van der Waals surface area contributed by atoms with Crippen molar-refractivity contribution in [3.05, 3.63) is 0 Å². The molecule has 0 radical (unpaired) electrons. The van der Waals surface area contributed by atoms with Gasteiger partial charge in [-0.05, 0) is 34.1 Å². The molecule has 0 saturated carbocycles. The van der Waals surface area contributed by atoms with E-state index in [2.05, 4.69) is 12.6 Å². The van der Waals surface area contributed by atoms with Crippen molar-refractivity contribution in [3.63, 3.8) is 0 Å². The summed E-state index contributed by atoms with van der Waals surface area (Å²) in [4.78, 5) is -1.48. The number of hydrogen-bond acceptors (Lipinski definition) is 4. The van der Waals surface area contributed by atoms with Crippen molar-refractivity contribution in [1.29, 1.82) is 0 Å². The Hall–Kier alpha value is 0.500. The number of thiol groups is 1. The minimum Gasteiger partial charge on any atom is -0.305 e. The first kappa shape index (κ1) is 12.6. The predicted octanol–water partition coefficient (Wildman–Crippen LogP) is 3.70. The molecule has 0 N–H and O–H groups in total. The molecule has 0 rings (SSSR count). The first-order valence-corrected chi connectivity index (χ1v) is 6.83. The summed E-state index contributed by atoms with van der Waals surface area (Å²) in [6.07, 6.45) is -0.205. The van der Waals surface area contributed by atoms with Crippen LogP contribution < -0.4 is 0 Å². The van der Waals surface area contributed by atoms with Gasteiger partial charge in [-0.2, -0.15) is 12.6 Å². The van der Waals surface area contributed by atoms with Crippen LogP contribution in [0.1, 0.15) is 42.4 Å². The summed E-state index contributed by atoms with van der Waals surface area (Å²) < 4.78 is 30.8. The molecule has 0 aliphatic carbocycles. The van der Waals surface area contributed by atoms with Crippen LogP contribution in [0.25, 0.3) is 0 Å². The summed E-state index contributed by atoms with van der Waals surface area (Å²) in [5, 5.41) is 0. The normalized spacial score (nSPS) is 18.4. The summed E-state index contributed by atoms with van der Waals surface area (Å²) in [7, 11) is -3.50. The second kappa shape index (κ2) is 6.16. The molecule has 1 atom stereocenters. The lowest BCUT2D eigenvalue weighted by molar-refractivity contribution is 0.141. The van der Waals surface area contributed by atoms with Gasteiger partial charge in [0.15, 0.2) is 0 Å². The third-order valence-electron chi connectivity index (χ3n) is 1.33. The third-order valence-corrected chi connectivity index (χ3v) is 4.73. The largest absolute Gasteiger partial charge is 0.343 e. The van der Waals surface area contributed by atoms with Gasteiger partial charge in [0.25, 0.3) is 0 Å². The van der Waals surface area contributed by atoms with Crippen LogP contribution in [0, 0.1) is 0 Å². The maximum atomic E-state index is 12.4. The average Bonchev–Trinajstić information content (AvgIpc) is 2.00. The van der Waals surface area contributed by atoms with E-state index in [4.69, 9.17) is 10.4 Å². The molecule has 0 heterocycles. The van der Waals surface area contributed by atoms with Gasteiger partial charge in [0, 0.05) is 0 Å². The topological polar surface area (TPSA) is 35.5 Å². The Kier molecular flexibility index (Phi) is 5.53. The Morgan fingerprint density at radius 3 is 1.86 bits per heavy atom. The van der Waals surface area contributed by atoms with Gasteiger partial charge in [-0.3, -0.25) is 4.57 Å². The fourth-order valence-electron chi connectivity index (χ4n) is 0.895. The van der Waals surface area contributed by atoms with E-state index in [9.17, 15) is 4.57 Å². The highest BCUT2D eigenvalue weighted by Gasteiger charge is 2.34. The highest BCUT2D eigenvalue weighted by Crippen LogP contribution is 2.57. The second-order valence-corrected chi connectivity index (χ2v) is 6.42. The molecule has 0 amide bonds. The van der Waals surface area contributed by atoms with Crippen LogP contribution in [0.15, 0.2) is 0 Å². The van der Waals surface area contributed by atoms with Gasteiger partial charge >= 0.3 is 7.60 Å². The van der Waals surface area contributed by atoms with E-state index in [-0.39, 0.29) is 12.2 Å². The number of rotatable bonds is 6. The van der Waals surface area contributed by atoms with Gasteiger partial charge in [-0.1, -0.05) is 6.92 Å². The SMILES string of the molecule is [2H][C@@](S)(CC)P(=O)(OC(C)C)OC(C)C. The Bertz CT molecular complexity index is 230. The summed E-state index contributed by atoms with van der Waals surface area (Å²) >= 11 is 4.07. The quantitative estimate of drug-likeness (QED) is 0.569.